The molecule has 0 aliphatic heterocycles. The van der Waals surface area contributed by atoms with Crippen LogP contribution in [0.2, 0.25) is 0 Å². The second-order valence-electron chi connectivity index (χ2n) is 4.14. The fraction of sp³-hybridized carbons (Fsp3) is 0.188. The van der Waals surface area contributed by atoms with Gasteiger partial charge in [0.05, 0.1) is 16.4 Å². The first-order valence-electron chi connectivity index (χ1n) is 6.25. The maximum Gasteiger partial charge on any atom is 0.268 e. The molecule has 1 aromatic carbocycles. The lowest BCUT2D eigenvalue weighted by Crippen LogP contribution is -2.25. The largest absolute Gasteiger partial charge is 0.395 e. The molecule has 4 heteroatoms. The van der Waals surface area contributed by atoms with Crippen molar-refractivity contribution in [3.8, 4) is 11.8 Å². The third-order valence-electron chi connectivity index (χ3n) is 2.71. The zero-order chi connectivity index (χ0) is 14.4. The lowest BCUT2D eigenvalue weighted by atomic mass is 10.3. The molecule has 3 nitrogen and oxygen atoms in total. The molecule has 0 saturated carbocycles. The molecule has 0 aliphatic carbocycles. The summed E-state index contributed by atoms with van der Waals surface area (Å²) in [6.45, 7) is 0.0565. The molecule has 0 radical (unpaired) electrons. The molecule has 0 atom stereocenters. The number of carbonyl (C=O) groups is 1. The van der Waals surface area contributed by atoms with E-state index in [9.17, 15) is 4.79 Å². The van der Waals surface area contributed by atoms with Gasteiger partial charge in [0, 0.05) is 19.2 Å². The molecule has 0 saturated heterocycles. The van der Waals surface area contributed by atoms with Gasteiger partial charge in [-0.2, -0.15) is 0 Å². The lowest BCUT2D eigenvalue weighted by molar-refractivity contribution is 0.0997. The van der Waals surface area contributed by atoms with Crippen molar-refractivity contribution in [3.05, 3.63) is 52.2 Å². The Bertz CT molecular complexity index is 637. The van der Waals surface area contributed by atoms with Gasteiger partial charge in [-0.1, -0.05) is 30.0 Å². The van der Waals surface area contributed by atoms with Gasteiger partial charge in [0.25, 0.3) is 5.91 Å². The number of nitrogens with zero attached hydrogens (tertiary/aromatic N) is 1. The van der Waals surface area contributed by atoms with Crippen molar-refractivity contribution in [1.82, 2.24) is 0 Å². The lowest BCUT2D eigenvalue weighted by Gasteiger charge is -2.15. The number of aliphatic hydroxyl groups is 1. The van der Waals surface area contributed by atoms with E-state index in [4.69, 9.17) is 5.11 Å². The number of carbonyl (C=O) groups excluding carboxylic acids is 1. The summed E-state index contributed by atoms with van der Waals surface area (Å²) in [4.78, 5) is 15.5. The van der Waals surface area contributed by atoms with Gasteiger partial charge < -0.3 is 10.0 Å². The van der Waals surface area contributed by atoms with Crippen LogP contribution in [0.5, 0.6) is 0 Å². The summed E-state index contributed by atoms with van der Waals surface area (Å²) in [5.74, 6) is 5.74. The van der Waals surface area contributed by atoms with Crippen molar-refractivity contribution >= 4 is 22.9 Å². The summed E-state index contributed by atoms with van der Waals surface area (Å²) in [6.07, 6.45) is 0.450. The summed E-state index contributed by atoms with van der Waals surface area (Å²) >= 11 is 1.37. The van der Waals surface area contributed by atoms with Crippen LogP contribution < -0.4 is 4.90 Å². The third-order valence-corrected chi connectivity index (χ3v) is 3.70. The van der Waals surface area contributed by atoms with E-state index < -0.39 is 0 Å². The van der Waals surface area contributed by atoms with Crippen molar-refractivity contribution in [2.45, 2.75) is 6.42 Å². The Labute approximate surface area is 122 Å². The highest BCUT2D eigenvalue weighted by Gasteiger charge is 2.15. The molecule has 102 valence electrons. The molecule has 20 heavy (non-hydrogen) atoms. The number of para-hydroxylation sites is 1. The highest BCUT2D eigenvalue weighted by Crippen LogP contribution is 2.20. The van der Waals surface area contributed by atoms with Crippen LogP contribution in [0, 0.1) is 11.8 Å². The number of rotatable bonds is 3. The maximum absolute atomic E-state index is 12.3. The summed E-state index contributed by atoms with van der Waals surface area (Å²) < 4.78 is 0. The molecule has 1 N–H and O–H groups in total. The van der Waals surface area contributed by atoms with E-state index in [0.717, 1.165) is 10.6 Å². The predicted octanol–water partition coefficient (Wildman–Crippen LogP) is 2.76. The Morgan fingerprint density at radius 2 is 2.00 bits per heavy atom. The maximum atomic E-state index is 12.3. The molecule has 1 aromatic heterocycles. The van der Waals surface area contributed by atoms with Crippen molar-refractivity contribution in [2.75, 3.05) is 18.6 Å². The number of anilines is 1. The van der Waals surface area contributed by atoms with E-state index in [2.05, 4.69) is 11.8 Å². The summed E-state index contributed by atoms with van der Waals surface area (Å²) in [5.41, 5.74) is 0.860. The van der Waals surface area contributed by atoms with Crippen LogP contribution in [0.4, 0.5) is 5.69 Å². The first-order valence-corrected chi connectivity index (χ1v) is 7.06. The van der Waals surface area contributed by atoms with Crippen LogP contribution in [0.25, 0.3) is 0 Å². The van der Waals surface area contributed by atoms with Crippen LogP contribution in [0.3, 0.4) is 0 Å². The number of hydrogen-bond donors (Lipinski definition) is 1. The Morgan fingerprint density at radius 1 is 1.25 bits per heavy atom. The molecule has 0 unspecified atom stereocenters. The predicted molar refractivity (Wildman–Crippen MR) is 82.1 cm³/mol. The number of amides is 1. The second-order valence-corrected chi connectivity index (χ2v) is 5.22. The van der Waals surface area contributed by atoms with Crippen LogP contribution in [-0.4, -0.2) is 24.7 Å². The van der Waals surface area contributed by atoms with Crippen LogP contribution in [-0.2, 0) is 0 Å². The van der Waals surface area contributed by atoms with Crippen molar-refractivity contribution < 1.29 is 9.90 Å². The monoisotopic (exact) mass is 285 g/mol. The zero-order valence-corrected chi connectivity index (χ0v) is 12.0. The van der Waals surface area contributed by atoms with Gasteiger partial charge in [0.15, 0.2) is 0 Å². The molecule has 2 aromatic rings. The minimum Gasteiger partial charge on any atom is -0.395 e. The molecule has 2 rings (SSSR count). The number of thiophene rings is 1. The van der Waals surface area contributed by atoms with E-state index >= 15 is 0 Å². The Balaban J connectivity index is 2.12. The highest BCUT2D eigenvalue weighted by molar-refractivity contribution is 7.14. The molecule has 0 spiro atoms. The van der Waals surface area contributed by atoms with Gasteiger partial charge in [-0.05, 0) is 24.3 Å². The SMILES string of the molecule is CN(C(=O)c1ccc(C#CCCO)s1)c1ccccc1. The normalized spacial score (nSPS) is 9.70. The fourth-order valence-corrected chi connectivity index (χ4v) is 2.52. The van der Waals surface area contributed by atoms with Crippen LogP contribution in [0.15, 0.2) is 42.5 Å². The summed E-state index contributed by atoms with van der Waals surface area (Å²) in [7, 11) is 1.76. The Morgan fingerprint density at radius 3 is 2.70 bits per heavy atom. The fourth-order valence-electron chi connectivity index (χ4n) is 1.66. The quantitative estimate of drug-likeness (QED) is 0.881. The van der Waals surface area contributed by atoms with Gasteiger partial charge >= 0.3 is 0 Å². The summed E-state index contributed by atoms with van der Waals surface area (Å²) in [6, 6.07) is 13.1. The van der Waals surface area contributed by atoms with Gasteiger partial charge in [-0.3, -0.25) is 4.79 Å². The Hall–Kier alpha value is -2.09. The van der Waals surface area contributed by atoms with E-state index in [1.54, 1.807) is 18.0 Å². The number of hydrogen-bond acceptors (Lipinski definition) is 3. The van der Waals surface area contributed by atoms with E-state index in [1.807, 2.05) is 36.4 Å². The first-order chi connectivity index (χ1) is 9.72. The van der Waals surface area contributed by atoms with E-state index in [0.29, 0.717) is 11.3 Å². The molecule has 1 heterocycles. The molecule has 0 bridgehead atoms. The van der Waals surface area contributed by atoms with Crippen LogP contribution >= 0.6 is 11.3 Å². The van der Waals surface area contributed by atoms with E-state index in [1.165, 1.54) is 11.3 Å². The van der Waals surface area contributed by atoms with Crippen molar-refractivity contribution in [1.29, 1.82) is 0 Å². The minimum atomic E-state index is -0.0450. The molecule has 0 fully saturated rings. The topological polar surface area (TPSA) is 40.5 Å². The third kappa shape index (κ3) is 3.47. The van der Waals surface area contributed by atoms with Gasteiger partial charge in [-0.25, -0.2) is 0 Å². The molecular formula is C16H15NO2S. The molecular weight excluding hydrogens is 270 g/mol. The first kappa shape index (κ1) is 14.3. The zero-order valence-electron chi connectivity index (χ0n) is 11.2. The van der Waals surface area contributed by atoms with Gasteiger partial charge in [0.1, 0.15) is 0 Å². The standard InChI is InChI=1S/C16H15NO2S/c1-17(13-7-3-2-4-8-13)16(19)15-11-10-14(20-15)9-5-6-12-18/h2-4,7-8,10-11,18H,6,12H2,1H3. The summed E-state index contributed by atoms with van der Waals surface area (Å²) in [5, 5.41) is 8.68. The molecule has 0 aliphatic rings. The smallest absolute Gasteiger partial charge is 0.268 e. The minimum absolute atomic E-state index is 0.0450. The van der Waals surface area contributed by atoms with Crippen molar-refractivity contribution in [3.63, 3.8) is 0 Å². The Kier molecular flexibility index (Phi) is 4.94. The number of aliphatic hydroxyl groups excluding tert-OH is 1. The van der Waals surface area contributed by atoms with Crippen LogP contribution in [0.1, 0.15) is 21.0 Å². The second kappa shape index (κ2) is 6.90. The van der Waals surface area contributed by atoms with Crippen molar-refractivity contribution in [2.24, 2.45) is 0 Å². The average molecular weight is 285 g/mol. The van der Waals surface area contributed by atoms with E-state index in [-0.39, 0.29) is 12.5 Å². The van der Waals surface area contributed by atoms with Gasteiger partial charge in [0.2, 0.25) is 0 Å². The molecule has 1 amide bonds. The number of benzene rings is 1. The average Bonchev–Trinajstić information content (AvgIpc) is 2.96. The van der Waals surface area contributed by atoms with Gasteiger partial charge in [-0.15, -0.1) is 11.3 Å². The highest BCUT2D eigenvalue weighted by atomic mass is 32.1.